The van der Waals surface area contributed by atoms with Crippen LogP contribution in [0.5, 0.6) is 0 Å². The average Bonchev–Trinajstić information content (AvgIpc) is 2.84. The maximum atomic E-state index is 12.2. The summed E-state index contributed by atoms with van der Waals surface area (Å²) in [5, 5.41) is 11.7. The molecule has 1 heterocycles. The summed E-state index contributed by atoms with van der Waals surface area (Å²) in [5.41, 5.74) is 0. The standard InChI is InChI=1S/C12H21N3O4/c1-3-13-10(16)8-14(4-2)12(19)15-7-5-6-9(15)11(17)18/h9H,3-8H2,1-2H3,(H,13,16)(H,17,18). The minimum atomic E-state index is -0.986. The number of hydrogen-bond donors (Lipinski definition) is 2. The van der Waals surface area contributed by atoms with Crippen LogP contribution in [0.2, 0.25) is 0 Å². The van der Waals surface area contributed by atoms with Crippen molar-refractivity contribution in [3.63, 3.8) is 0 Å². The van der Waals surface area contributed by atoms with Gasteiger partial charge in [0.1, 0.15) is 12.6 Å². The summed E-state index contributed by atoms with van der Waals surface area (Å²) in [7, 11) is 0. The van der Waals surface area contributed by atoms with Crippen LogP contribution in [0.1, 0.15) is 26.7 Å². The number of aliphatic carboxylic acids is 1. The number of urea groups is 1. The first-order valence-corrected chi connectivity index (χ1v) is 6.56. The van der Waals surface area contributed by atoms with Gasteiger partial charge in [-0.15, -0.1) is 0 Å². The summed E-state index contributed by atoms with van der Waals surface area (Å²) in [6.45, 7) is 4.85. The van der Waals surface area contributed by atoms with Crippen molar-refractivity contribution in [1.29, 1.82) is 0 Å². The SMILES string of the molecule is CCNC(=O)CN(CC)C(=O)N1CCCC1C(=O)O. The molecule has 108 valence electrons. The Hall–Kier alpha value is -1.79. The lowest BCUT2D eigenvalue weighted by molar-refractivity contribution is -0.141. The molecule has 1 fully saturated rings. The second-order valence-corrected chi connectivity index (χ2v) is 4.44. The Kier molecular flexibility index (Phi) is 5.59. The number of likely N-dealkylation sites (N-methyl/N-ethyl adjacent to an activating group) is 2. The molecule has 7 heteroatoms. The van der Waals surface area contributed by atoms with Gasteiger partial charge in [0.15, 0.2) is 0 Å². The smallest absolute Gasteiger partial charge is 0.326 e. The molecule has 0 aromatic carbocycles. The number of nitrogens with zero attached hydrogens (tertiary/aromatic N) is 2. The van der Waals surface area contributed by atoms with Crippen molar-refractivity contribution in [2.75, 3.05) is 26.2 Å². The van der Waals surface area contributed by atoms with Crippen LogP contribution >= 0.6 is 0 Å². The van der Waals surface area contributed by atoms with Crippen LogP contribution < -0.4 is 5.32 Å². The van der Waals surface area contributed by atoms with Crippen molar-refractivity contribution in [2.24, 2.45) is 0 Å². The number of nitrogens with one attached hydrogen (secondary N) is 1. The molecular weight excluding hydrogens is 250 g/mol. The molecule has 0 aromatic heterocycles. The van der Waals surface area contributed by atoms with Gasteiger partial charge in [-0.1, -0.05) is 0 Å². The zero-order chi connectivity index (χ0) is 14.4. The number of carboxylic acid groups (broad SMARTS) is 1. The van der Waals surface area contributed by atoms with E-state index in [0.717, 1.165) is 0 Å². The van der Waals surface area contributed by atoms with Gasteiger partial charge in [0.25, 0.3) is 0 Å². The molecule has 0 spiro atoms. The third-order valence-electron chi connectivity index (χ3n) is 3.14. The number of carbonyl (C=O) groups excluding carboxylic acids is 2. The highest BCUT2D eigenvalue weighted by Gasteiger charge is 2.36. The minimum Gasteiger partial charge on any atom is -0.480 e. The molecule has 7 nitrogen and oxygen atoms in total. The van der Waals surface area contributed by atoms with Crippen molar-refractivity contribution in [2.45, 2.75) is 32.7 Å². The molecule has 0 saturated carbocycles. The third-order valence-corrected chi connectivity index (χ3v) is 3.14. The zero-order valence-electron chi connectivity index (χ0n) is 11.4. The molecule has 0 radical (unpaired) electrons. The number of rotatable bonds is 5. The van der Waals surface area contributed by atoms with E-state index in [2.05, 4.69) is 5.32 Å². The van der Waals surface area contributed by atoms with Gasteiger partial charge in [0.05, 0.1) is 0 Å². The summed E-state index contributed by atoms with van der Waals surface area (Å²) in [4.78, 5) is 37.5. The van der Waals surface area contributed by atoms with E-state index in [-0.39, 0.29) is 18.5 Å². The van der Waals surface area contributed by atoms with E-state index < -0.39 is 12.0 Å². The molecular formula is C12H21N3O4. The van der Waals surface area contributed by atoms with Crippen LogP contribution in [0, 0.1) is 0 Å². The zero-order valence-corrected chi connectivity index (χ0v) is 11.4. The fraction of sp³-hybridized carbons (Fsp3) is 0.750. The lowest BCUT2D eigenvalue weighted by Crippen LogP contribution is -2.50. The van der Waals surface area contributed by atoms with Gasteiger partial charge in [-0.25, -0.2) is 9.59 Å². The van der Waals surface area contributed by atoms with Gasteiger partial charge in [0, 0.05) is 19.6 Å². The Bertz CT molecular complexity index is 359. The molecule has 2 N–H and O–H groups in total. The molecule has 1 unspecified atom stereocenters. The molecule has 1 saturated heterocycles. The Morgan fingerprint density at radius 1 is 1.37 bits per heavy atom. The highest BCUT2D eigenvalue weighted by atomic mass is 16.4. The largest absolute Gasteiger partial charge is 0.480 e. The van der Waals surface area contributed by atoms with Crippen LogP contribution in [0.25, 0.3) is 0 Å². The summed E-state index contributed by atoms with van der Waals surface area (Å²) in [6.07, 6.45) is 1.15. The first kappa shape index (κ1) is 15.3. The summed E-state index contributed by atoms with van der Waals surface area (Å²) in [6, 6.07) is -1.14. The van der Waals surface area contributed by atoms with Gasteiger partial charge in [0.2, 0.25) is 5.91 Å². The summed E-state index contributed by atoms with van der Waals surface area (Å²) >= 11 is 0. The summed E-state index contributed by atoms with van der Waals surface area (Å²) in [5.74, 6) is -1.22. The van der Waals surface area contributed by atoms with Gasteiger partial charge in [-0.3, -0.25) is 4.79 Å². The number of hydrogen-bond acceptors (Lipinski definition) is 3. The fourth-order valence-corrected chi connectivity index (χ4v) is 2.18. The molecule has 1 atom stereocenters. The Labute approximate surface area is 112 Å². The molecule has 0 bridgehead atoms. The molecule has 1 aliphatic heterocycles. The van der Waals surface area contributed by atoms with Crippen LogP contribution in [-0.4, -0.2) is 65.0 Å². The minimum absolute atomic E-state index is 0.0357. The van der Waals surface area contributed by atoms with Crippen molar-refractivity contribution >= 4 is 17.9 Å². The lowest BCUT2D eigenvalue weighted by Gasteiger charge is -2.29. The predicted octanol–water partition coefficient (Wildman–Crippen LogP) is 0.113. The Balaban J connectivity index is 2.67. The third kappa shape index (κ3) is 3.84. The van der Waals surface area contributed by atoms with E-state index >= 15 is 0 Å². The van der Waals surface area contributed by atoms with Crippen molar-refractivity contribution in [3.05, 3.63) is 0 Å². The van der Waals surface area contributed by atoms with Gasteiger partial charge < -0.3 is 20.2 Å². The number of carboxylic acids is 1. The fourth-order valence-electron chi connectivity index (χ4n) is 2.18. The highest BCUT2D eigenvalue weighted by molar-refractivity contribution is 5.87. The van der Waals surface area contributed by atoms with Crippen LogP contribution in [-0.2, 0) is 9.59 Å². The second-order valence-electron chi connectivity index (χ2n) is 4.44. The number of carbonyl (C=O) groups is 3. The summed E-state index contributed by atoms with van der Waals surface area (Å²) < 4.78 is 0. The lowest BCUT2D eigenvalue weighted by atomic mass is 10.2. The van der Waals surface area contributed by atoms with Crippen LogP contribution in [0.3, 0.4) is 0 Å². The molecule has 0 aliphatic carbocycles. The molecule has 0 aromatic rings. The van der Waals surface area contributed by atoms with E-state index in [1.165, 1.54) is 9.80 Å². The van der Waals surface area contributed by atoms with Crippen LogP contribution in [0.15, 0.2) is 0 Å². The highest BCUT2D eigenvalue weighted by Crippen LogP contribution is 2.19. The van der Waals surface area contributed by atoms with E-state index in [4.69, 9.17) is 5.11 Å². The molecule has 1 rings (SSSR count). The number of amides is 3. The predicted molar refractivity (Wildman–Crippen MR) is 68.7 cm³/mol. The van der Waals surface area contributed by atoms with E-state index in [1.54, 1.807) is 13.8 Å². The Morgan fingerprint density at radius 2 is 2.05 bits per heavy atom. The van der Waals surface area contributed by atoms with Crippen molar-refractivity contribution in [3.8, 4) is 0 Å². The monoisotopic (exact) mass is 271 g/mol. The maximum absolute atomic E-state index is 12.2. The van der Waals surface area contributed by atoms with Gasteiger partial charge in [-0.05, 0) is 26.7 Å². The second kappa shape index (κ2) is 6.96. The molecule has 19 heavy (non-hydrogen) atoms. The average molecular weight is 271 g/mol. The quantitative estimate of drug-likeness (QED) is 0.743. The van der Waals surface area contributed by atoms with Crippen molar-refractivity contribution < 1.29 is 19.5 Å². The first-order chi connectivity index (χ1) is 9.01. The Morgan fingerprint density at radius 3 is 2.58 bits per heavy atom. The van der Waals surface area contributed by atoms with Crippen molar-refractivity contribution in [1.82, 2.24) is 15.1 Å². The van der Waals surface area contributed by atoms with E-state index in [9.17, 15) is 14.4 Å². The van der Waals surface area contributed by atoms with E-state index in [0.29, 0.717) is 32.5 Å². The molecule has 3 amide bonds. The first-order valence-electron chi connectivity index (χ1n) is 6.56. The number of likely N-dealkylation sites (tertiary alicyclic amines) is 1. The van der Waals surface area contributed by atoms with Gasteiger partial charge in [-0.2, -0.15) is 0 Å². The molecule has 1 aliphatic rings. The van der Waals surface area contributed by atoms with Gasteiger partial charge >= 0.3 is 12.0 Å². The topological polar surface area (TPSA) is 90.0 Å². The maximum Gasteiger partial charge on any atom is 0.326 e. The van der Waals surface area contributed by atoms with Crippen LogP contribution in [0.4, 0.5) is 4.79 Å². The normalized spacial score (nSPS) is 18.2. The van der Waals surface area contributed by atoms with E-state index in [1.807, 2.05) is 0 Å².